The number of carbonyl (C=O) groups is 2. The third-order valence-corrected chi connectivity index (χ3v) is 6.50. The van der Waals surface area contributed by atoms with Gasteiger partial charge in [-0.15, -0.1) is 0 Å². The normalized spacial score (nSPS) is 14.7. The predicted octanol–water partition coefficient (Wildman–Crippen LogP) is 6.01. The molecule has 3 aromatic carbocycles. The van der Waals surface area contributed by atoms with E-state index >= 15 is 0 Å². The van der Waals surface area contributed by atoms with Crippen LogP contribution in [0.2, 0.25) is 0 Å². The van der Waals surface area contributed by atoms with Crippen LogP contribution < -0.4 is 4.74 Å². The fraction of sp³-hybridized carbons (Fsp3) is 0.0833. The molecule has 1 aliphatic rings. The molecule has 0 bridgehead atoms. The standard InChI is InChI=1S/C24H17IN2O5S/c25-19-9-5-16(6-10-19)14-26-23(28)22(33-24(26)29)13-18-3-1-2-4-21(18)32-15-17-7-11-20(12-8-17)27(30)31/h1-13H,14-15H2/b22-13-. The molecule has 0 aliphatic carbocycles. The SMILES string of the molecule is O=C1S/C(=C\c2ccccc2OCc2ccc([N+](=O)[O-])cc2)C(=O)N1Cc1ccc(I)cc1. The molecule has 9 heteroatoms. The van der Waals surface area contributed by atoms with Crippen LogP contribution in [-0.4, -0.2) is 21.0 Å². The molecule has 1 fully saturated rings. The Balaban J connectivity index is 1.48. The van der Waals surface area contributed by atoms with Crippen LogP contribution in [0, 0.1) is 13.7 Å². The number of hydrogen-bond acceptors (Lipinski definition) is 6. The summed E-state index contributed by atoms with van der Waals surface area (Å²) in [6.07, 6.45) is 1.66. The van der Waals surface area contributed by atoms with E-state index in [-0.39, 0.29) is 30.0 Å². The zero-order valence-corrected chi connectivity index (χ0v) is 20.1. The summed E-state index contributed by atoms with van der Waals surface area (Å²) in [6.45, 7) is 0.425. The van der Waals surface area contributed by atoms with Crippen LogP contribution in [0.4, 0.5) is 10.5 Å². The van der Waals surface area contributed by atoms with Crippen molar-refractivity contribution in [3.8, 4) is 5.75 Å². The Labute approximate surface area is 207 Å². The number of nitrogens with zero attached hydrogens (tertiary/aromatic N) is 2. The third kappa shape index (κ3) is 5.60. The van der Waals surface area contributed by atoms with E-state index in [0.29, 0.717) is 16.2 Å². The fourth-order valence-electron chi connectivity index (χ4n) is 3.16. The first kappa shape index (κ1) is 23.0. The Kier molecular flexibility index (Phi) is 7.09. The maximum absolute atomic E-state index is 12.9. The average molecular weight is 572 g/mol. The van der Waals surface area contributed by atoms with Crippen LogP contribution in [0.25, 0.3) is 6.08 Å². The minimum Gasteiger partial charge on any atom is -0.488 e. The maximum Gasteiger partial charge on any atom is 0.293 e. The van der Waals surface area contributed by atoms with E-state index in [0.717, 1.165) is 26.5 Å². The lowest BCUT2D eigenvalue weighted by Gasteiger charge is -2.12. The van der Waals surface area contributed by atoms with Gasteiger partial charge in [0.1, 0.15) is 12.4 Å². The zero-order valence-electron chi connectivity index (χ0n) is 17.1. The summed E-state index contributed by atoms with van der Waals surface area (Å²) in [5.74, 6) is 0.203. The zero-order chi connectivity index (χ0) is 23.4. The lowest BCUT2D eigenvalue weighted by molar-refractivity contribution is -0.384. The highest BCUT2D eigenvalue weighted by atomic mass is 127. The van der Waals surface area contributed by atoms with E-state index in [1.165, 1.54) is 17.0 Å². The van der Waals surface area contributed by atoms with E-state index in [1.807, 2.05) is 36.4 Å². The van der Waals surface area contributed by atoms with Gasteiger partial charge in [0.15, 0.2) is 0 Å². The molecule has 0 unspecified atom stereocenters. The molecule has 0 spiro atoms. The van der Waals surface area contributed by atoms with Crippen molar-refractivity contribution in [3.05, 3.63) is 108 Å². The lowest BCUT2D eigenvalue weighted by Crippen LogP contribution is -2.27. The highest BCUT2D eigenvalue weighted by Gasteiger charge is 2.35. The number of nitro benzene ring substituents is 1. The molecular formula is C24H17IN2O5S. The predicted molar refractivity (Wildman–Crippen MR) is 135 cm³/mol. The second kappa shape index (κ2) is 10.2. The van der Waals surface area contributed by atoms with Gasteiger partial charge in [-0.1, -0.05) is 30.3 Å². The van der Waals surface area contributed by atoms with Gasteiger partial charge in [-0.3, -0.25) is 24.6 Å². The van der Waals surface area contributed by atoms with Crippen molar-refractivity contribution in [2.75, 3.05) is 0 Å². The summed E-state index contributed by atoms with van der Waals surface area (Å²) in [6, 6.07) is 21.0. The minimum absolute atomic E-state index is 0.0140. The molecule has 3 aromatic rings. The van der Waals surface area contributed by atoms with Crippen LogP contribution >= 0.6 is 34.4 Å². The molecule has 1 aliphatic heterocycles. The van der Waals surface area contributed by atoms with Gasteiger partial charge in [-0.25, -0.2) is 0 Å². The number of halogens is 1. The number of carbonyl (C=O) groups excluding carboxylic acids is 2. The molecule has 1 saturated heterocycles. The first-order valence-electron chi connectivity index (χ1n) is 9.86. The molecule has 0 N–H and O–H groups in total. The van der Waals surface area contributed by atoms with Gasteiger partial charge in [-0.2, -0.15) is 0 Å². The summed E-state index contributed by atoms with van der Waals surface area (Å²) in [4.78, 5) is 37.3. The van der Waals surface area contributed by atoms with Crippen molar-refractivity contribution < 1.29 is 19.2 Å². The van der Waals surface area contributed by atoms with Gasteiger partial charge in [0.25, 0.3) is 16.8 Å². The number of thioether (sulfide) groups is 1. The number of non-ortho nitro benzene ring substituents is 1. The minimum atomic E-state index is -0.453. The molecule has 4 rings (SSSR count). The summed E-state index contributed by atoms with van der Waals surface area (Å²) >= 11 is 3.11. The molecule has 7 nitrogen and oxygen atoms in total. The van der Waals surface area contributed by atoms with Crippen molar-refractivity contribution in [2.45, 2.75) is 13.2 Å². The second-order valence-electron chi connectivity index (χ2n) is 7.14. The van der Waals surface area contributed by atoms with Crippen molar-refractivity contribution in [1.82, 2.24) is 4.90 Å². The number of nitro groups is 1. The highest BCUT2D eigenvalue weighted by molar-refractivity contribution is 14.1. The molecule has 2 amide bonds. The number of rotatable bonds is 7. The van der Waals surface area contributed by atoms with Crippen LogP contribution in [0.1, 0.15) is 16.7 Å². The van der Waals surface area contributed by atoms with Crippen molar-refractivity contribution in [2.24, 2.45) is 0 Å². The maximum atomic E-state index is 12.9. The molecule has 0 atom stereocenters. The van der Waals surface area contributed by atoms with Gasteiger partial charge in [0.05, 0.1) is 16.4 Å². The molecule has 33 heavy (non-hydrogen) atoms. The number of para-hydroxylation sites is 1. The van der Waals surface area contributed by atoms with Gasteiger partial charge in [0, 0.05) is 21.3 Å². The van der Waals surface area contributed by atoms with Crippen molar-refractivity contribution in [1.29, 1.82) is 0 Å². The Hall–Kier alpha value is -3.18. The van der Waals surface area contributed by atoms with Crippen LogP contribution in [0.5, 0.6) is 5.75 Å². The number of imide groups is 1. The molecule has 0 aromatic heterocycles. The second-order valence-corrected chi connectivity index (χ2v) is 9.38. The smallest absolute Gasteiger partial charge is 0.293 e. The monoisotopic (exact) mass is 572 g/mol. The third-order valence-electron chi connectivity index (χ3n) is 4.87. The van der Waals surface area contributed by atoms with Crippen LogP contribution in [0.15, 0.2) is 77.7 Å². The lowest BCUT2D eigenvalue weighted by atomic mass is 10.1. The topological polar surface area (TPSA) is 89.7 Å². The van der Waals surface area contributed by atoms with Gasteiger partial charge < -0.3 is 4.74 Å². The molecular weight excluding hydrogens is 555 g/mol. The molecule has 0 radical (unpaired) electrons. The molecule has 0 saturated carbocycles. The fourth-order valence-corrected chi connectivity index (χ4v) is 4.34. The van der Waals surface area contributed by atoms with E-state index in [9.17, 15) is 19.7 Å². The molecule has 1 heterocycles. The van der Waals surface area contributed by atoms with E-state index in [2.05, 4.69) is 22.6 Å². The first-order chi connectivity index (χ1) is 15.9. The largest absolute Gasteiger partial charge is 0.488 e. The number of amides is 2. The van der Waals surface area contributed by atoms with E-state index < -0.39 is 4.92 Å². The Morgan fingerprint density at radius 2 is 1.64 bits per heavy atom. The first-order valence-corrected chi connectivity index (χ1v) is 11.8. The van der Waals surface area contributed by atoms with Gasteiger partial charge >= 0.3 is 0 Å². The molecule has 166 valence electrons. The summed E-state index contributed by atoms with van der Waals surface area (Å²) < 4.78 is 6.97. The Morgan fingerprint density at radius 1 is 0.970 bits per heavy atom. The average Bonchev–Trinajstić information content (AvgIpc) is 3.07. The summed E-state index contributed by atoms with van der Waals surface area (Å²) in [7, 11) is 0. The van der Waals surface area contributed by atoms with E-state index in [1.54, 1.807) is 30.3 Å². The Bertz CT molecular complexity index is 1240. The number of benzene rings is 3. The summed E-state index contributed by atoms with van der Waals surface area (Å²) in [5.41, 5.74) is 2.33. The van der Waals surface area contributed by atoms with Gasteiger partial charge in [0.2, 0.25) is 0 Å². The van der Waals surface area contributed by atoms with Gasteiger partial charge in [-0.05, 0) is 81.9 Å². The summed E-state index contributed by atoms with van der Waals surface area (Å²) in [5, 5.41) is 10.5. The number of hydrogen-bond donors (Lipinski definition) is 0. The van der Waals surface area contributed by atoms with Crippen LogP contribution in [-0.2, 0) is 17.9 Å². The quantitative estimate of drug-likeness (QED) is 0.149. The van der Waals surface area contributed by atoms with E-state index in [4.69, 9.17) is 4.74 Å². The van der Waals surface area contributed by atoms with Crippen molar-refractivity contribution in [3.63, 3.8) is 0 Å². The van der Waals surface area contributed by atoms with Crippen molar-refractivity contribution >= 4 is 57.3 Å². The number of ether oxygens (including phenoxy) is 1. The Morgan fingerprint density at radius 3 is 2.33 bits per heavy atom. The highest BCUT2D eigenvalue weighted by Crippen LogP contribution is 2.35. The van der Waals surface area contributed by atoms with Crippen LogP contribution in [0.3, 0.4) is 0 Å².